The van der Waals surface area contributed by atoms with Crippen LogP contribution in [0.4, 0.5) is 10.6 Å². The zero-order chi connectivity index (χ0) is 24.4. The van der Waals surface area contributed by atoms with Crippen LogP contribution in [0.15, 0.2) is 30.6 Å². The predicted molar refractivity (Wildman–Crippen MR) is 131 cm³/mol. The molecule has 10 nitrogen and oxygen atoms in total. The maximum Gasteiger partial charge on any atom is 0.410 e. The van der Waals surface area contributed by atoms with Gasteiger partial charge in [0, 0.05) is 44.5 Å². The van der Waals surface area contributed by atoms with E-state index in [-0.39, 0.29) is 12.0 Å². The third-order valence-corrected chi connectivity index (χ3v) is 6.16. The second kappa shape index (κ2) is 9.69. The number of piperidine rings is 1. The van der Waals surface area contributed by atoms with Crippen molar-refractivity contribution in [1.82, 2.24) is 29.8 Å². The maximum absolute atomic E-state index is 12.4. The van der Waals surface area contributed by atoms with Crippen LogP contribution in [-0.2, 0) is 9.47 Å². The summed E-state index contributed by atoms with van der Waals surface area (Å²) in [6.07, 6.45) is 4.83. The number of hydrogen-bond donors (Lipinski definition) is 0. The first-order valence-corrected chi connectivity index (χ1v) is 12.1. The van der Waals surface area contributed by atoms with Crippen molar-refractivity contribution in [1.29, 1.82) is 0 Å². The van der Waals surface area contributed by atoms with Crippen LogP contribution in [0.2, 0.25) is 0 Å². The Balaban J connectivity index is 1.38. The summed E-state index contributed by atoms with van der Waals surface area (Å²) in [6.45, 7) is 9.71. The number of anilines is 1. The molecule has 5 rings (SSSR count). The zero-order valence-corrected chi connectivity index (χ0v) is 20.5. The van der Waals surface area contributed by atoms with Crippen molar-refractivity contribution in [2.24, 2.45) is 0 Å². The zero-order valence-electron chi connectivity index (χ0n) is 20.5. The molecule has 0 aliphatic carbocycles. The summed E-state index contributed by atoms with van der Waals surface area (Å²) in [4.78, 5) is 40.0. The van der Waals surface area contributed by atoms with Gasteiger partial charge in [0.05, 0.1) is 18.7 Å². The Bertz CT molecular complexity index is 1200. The summed E-state index contributed by atoms with van der Waals surface area (Å²) in [6, 6.07) is 5.68. The fourth-order valence-electron chi connectivity index (χ4n) is 4.40. The van der Waals surface area contributed by atoms with E-state index in [1.54, 1.807) is 17.3 Å². The summed E-state index contributed by atoms with van der Waals surface area (Å²) >= 11 is 0. The molecule has 0 radical (unpaired) electrons. The molecule has 3 aromatic rings. The topological polar surface area (TPSA) is 106 Å². The minimum absolute atomic E-state index is 0.162. The van der Waals surface area contributed by atoms with Gasteiger partial charge in [-0.05, 0) is 51.8 Å². The normalized spacial score (nSPS) is 17.6. The molecule has 0 bridgehead atoms. The van der Waals surface area contributed by atoms with Gasteiger partial charge in [-0.15, -0.1) is 0 Å². The molecule has 2 aliphatic heterocycles. The number of carbonyl (C=O) groups is 1. The Morgan fingerprint density at radius 2 is 1.77 bits per heavy atom. The Kier molecular flexibility index (Phi) is 6.46. The predicted octanol–water partition coefficient (Wildman–Crippen LogP) is 3.43. The van der Waals surface area contributed by atoms with E-state index in [1.165, 1.54) is 0 Å². The van der Waals surface area contributed by atoms with E-state index in [0.717, 1.165) is 48.6 Å². The lowest BCUT2D eigenvalue weighted by molar-refractivity contribution is 0.0203. The second-order valence-electron chi connectivity index (χ2n) is 9.88. The van der Waals surface area contributed by atoms with E-state index in [1.807, 2.05) is 39.0 Å². The van der Waals surface area contributed by atoms with Gasteiger partial charge in [0.2, 0.25) is 0 Å². The molecule has 0 N–H and O–H groups in total. The quantitative estimate of drug-likeness (QED) is 0.561. The van der Waals surface area contributed by atoms with Gasteiger partial charge in [0.25, 0.3) is 0 Å². The van der Waals surface area contributed by atoms with Gasteiger partial charge in [0.15, 0.2) is 11.6 Å². The van der Waals surface area contributed by atoms with E-state index in [9.17, 15) is 4.79 Å². The van der Waals surface area contributed by atoms with Gasteiger partial charge in [-0.1, -0.05) is 0 Å². The molecule has 0 saturated carbocycles. The lowest BCUT2D eigenvalue weighted by Gasteiger charge is -2.33. The molecular weight excluding hydrogens is 446 g/mol. The van der Waals surface area contributed by atoms with Crippen LogP contribution in [0.3, 0.4) is 0 Å². The van der Waals surface area contributed by atoms with Crippen molar-refractivity contribution in [2.75, 3.05) is 44.3 Å². The standard InChI is InChI=1S/C25H31N7O3/c1-25(2,3)35-24(33)32-11-7-17(8-12-32)21-27-10-6-19(29-21)22-28-18-5-4-9-26-20(18)23(30-22)31-13-15-34-16-14-31/h4-6,9-10,17H,7-8,11-16H2,1-3H3. The van der Waals surface area contributed by atoms with E-state index < -0.39 is 5.60 Å². The number of likely N-dealkylation sites (tertiary alicyclic amines) is 1. The summed E-state index contributed by atoms with van der Waals surface area (Å²) < 4.78 is 11.0. The van der Waals surface area contributed by atoms with Crippen molar-refractivity contribution in [3.05, 3.63) is 36.4 Å². The van der Waals surface area contributed by atoms with Gasteiger partial charge in [-0.25, -0.2) is 24.7 Å². The van der Waals surface area contributed by atoms with Crippen molar-refractivity contribution in [3.63, 3.8) is 0 Å². The van der Waals surface area contributed by atoms with E-state index in [0.29, 0.717) is 37.8 Å². The Hall–Kier alpha value is -3.40. The van der Waals surface area contributed by atoms with Crippen LogP contribution in [0, 0.1) is 0 Å². The monoisotopic (exact) mass is 477 g/mol. The van der Waals surface area contributed by atoms with Crippen molar-refractivity contribution < 1.29 is 14.3 Å². The van der Waals surface area contributed by atoms with Crippen molar-refractivity contribution in [2.45, 2.75) is 45.1 Å². The second-order valence-corrected chi connectivity index (χ2v) is 9.88. The van der Waals surface area contributed by atoms with Crippen molar-refractivity contribution >= 4 is 22.9 Å². The third kappa shape index (κ3) is 5.32. The molecule has 2 saturated heterocycles. The molecule has 5 heterocycles. The number of fused-ring (bicyclic) bond motifs is 1. The highest BCUT2D eigenvalue weighted by atomic mass is 16.6. The average molecular weight is 478 g/mol. The number of ether oxygens (including phenoxy) is 2. The number of nitrogens with zero attached hydrogens (tertiary/aromatic N) is 7. The van der Waals surface area contributed by atoms with E-state index in [2.05, 4.69) is 14.9 Å². The molecular formula is C25H31N7O3. The fraction of sp³-hybridized carbons (Fsp3) is 0.520. The molecule has 35 heavy (non-hydrogen) atoms. The molecule has 2 fully saturated rings. The lowest BCUT2D eigenvalue weighted by atomic mass is 9.96. The lowest BCUT2D eigenvalue weighted by Crippen LogP contribution is -2.41. The SMILES string of the molecule is CC(C)(C)OC(=O)N1CCC(c2nccc(-c3nc(N4CCOCC4)c4ncccc4n3)n2)CC1. The summed E-state index contributed by atoms with van der Waals surface area (Å²) in [5, 5.41) is 0. The maximum atomic E-state index is 12.4. The third-order valence-electron chi connectivity index (χ3n) is 6.16. The largest absolute Gasteiger partial charge is 0.444 e. The molecule has 10 heteroatoms. The van der Waals surface area contributed by atoms with Crippen LogP contribution >= 0.6 is 0 Å². The van der Waals surface area contributed by atoms with Crippen LogP contribution in [0.25, 0.3) is 22.6 Å². The van der Waals surface area contributed by atoms with Gasteiger partial charge < -0.3 is 19.3 Å². The molecule has 0 aromatic carbocycles. The highest BCUT2D eigenvalue weighted by Crippen LogP contribution is 2.29. The Morgan fingerprint density at radius 3 is 2.51 bits per heavy atom. The average Bonchev–Trinajstić information content (AvgIpc) is 2.88. The van der Waals surface area contributed by atoms with Gasteiger partial charge in [-0.3, -0.25) is 4.98 Å². The number of aromatic nitrogens is 5. The first-order valence-electron chi connectivity index (χ1n) is 12.1. The summed E-state index contributed by atoms with van der Waals surface area (Å²) in [5.41, 5.74) is 1.75. The van der Waals surface area contributed by atoms with Gasteiger partial charge in [0.1, 0.15) is 22.6 Å². The minimum Gasteiger partial charge on any atom is -0.444 e. The molecule has 0 spiro atoms. The summed E-state index contributed by atoms with van der Waals surface area (Å²) in [7, 11) is 0. The number of hydrogen-bond acceptors (Lipinski definition) is 9. The highest BCUT2D eigenvalue weighted by Gasteiger charge is 2.29. The Labute approximate surface area is 204 Å². The van der Waals surface area contributed by atoms with E-state index in [4.69, 9.17) is 24.4 Å². The van der Waals surface area contributed by atoms with Gasteiger partial charge >= 0.3 is 6.09 Å². The number of rotatable bonds is 3. The number of morpholine rings is 1. The van der Waals surface area contributed by atoms with Crippen LogP contribution < -0.4 is 4.90 Å². The number of amides is 1. The van der Waals surface area contributed by atoms with Crippen LogP contribution in [0.5, 0.6) is 0 Å². The molecule has 0 atom stereocenters. The molecule has 3 aromatic heterocycles. The highest BCUT2D eigenvalue weighted by molar-refractivity contribution is 5.87. The van der Waals surface area contributed by atoms with Crippen LogP contribution in [0.1, 0.15) is 45.4 Å². The molecule has 184 valence electrons. The van der Waals surface area contributed by atoms with Crippen LogP contribution in [-0.4, -0.2) is 80.9 Å². The smallest absolute Gasteiger partial charge is 0.410 e. The fourth-order valence-corrected chi connectivity index (χ4v) is 4.40. The first kappa shape index (κ1) is 23.3. The number of pyridine rings is 1. The van der Waals surface area contributed by atoms with Gasteiger partial charge in [-0.2, -0.15) is 0 Å². The molecule has 1 amide bonds. The van der Waals surface area contributed by atoms with E-state index >= 15 is 0 Å². The first-order chi connectivity index (χ1) is 16.9. The molecule has 0 unspecified atom stereocenters. The number of carbonyl (C=O) groups excluding carboxylic acids is 1. The minimum atomic E-state index is -0.499. The summed E-state index contributed by atoms with van der Waals surface area (Å²) in [5.74, 6) is 2.28. The molecule has 2 aliphatic rings. The van der Waals surface area contributed by atoms with Crippen molar-refractivity contribution in [3.8, 4) is 11.5 Å². The Morgan fingerprint density at radius 1 is 1.00 bits per heavy atom.